The number of carbonyl (C=O) groups excluding carboxylic acids is 3. The summed E-state index contributed by atoms with van der Waals surface area (Å²) in [5.41, 5.74) is 2.76. The van der Waals surface area contributed by atoms with Crippen LogP contribution in [0.4, 0.5) is 11.4 Å². The molecule has 12 heteroatoms. The van der Waals surface area contributed by atoms with Gasteiger partial charge in [-0.1, -0.05) is 109 Å². The monoisotopic (exact) mass is 770 g/mol. The number of hydrazone groups is 1. The van der Waals surface area contributed by atoms with Crippen LogP contribution in [-0.4, -0.2) is 36.3 Å². The molecule has 52 heavy (non-hydrogen) atoms. The van der Waals surface area contributed by atoms with Crippen LogP contribution in [0, 0.1) is 0 Å². The summed E-state index contributed by atoms with van der Waals surface area (Å²) in [7, 11) is 0. The van der Waals surface area contributed by atoms with Gasteiger partial charge in [-0.25, -0.2) is 0 Å². The van der Waals surface area contributed by atoms with E-state index in [1.165, 1.54) is 23.8 Å². The third-order valence-corrected chi connectivity index (χ3v) is 10.5. The molecule has 1 unspecified atom stereocenters. The number of hydrogen-bond donors (Lipinski definition) is 2. The molecule has 2 N–H and O–H groups in total. The molecule has 4 rings (SSSR count). The molecule has 0 bridgehead atoms. The predicted octanol–water partition coefficient (Wildman–Crippen LogP) is 10.5. The van der Waals surface area contributed by atoms with Crippen LogP contribution in [0.25, 0.3) is 0 Å². The van der Waals surface area contributed by atoms with E-state index in [-0.39, 0.29) is 50.3 Å². The average Bonchev–Trinajstić information content (AvgIpc) is 3.45. The highest BCUT2D eigenvalue weighted by molar-refractivity contribution is 6.42. The van der Waals surface area contributed by atoms with E-state index in [2.05, 4.69) is 76.3 Å². The Labute approximate surface area is 322 Å². The van der Waals surface area contributed by atoms with Gasteiger partial charge in [-0.05, 0) is 78.5 Å². The minimum atomic E-state index is -0.825. The lowest BCUT2D eigenvalue weighted by Crippen LogP contribution is -2.34. The normalized spacial score (nSPS) is 13.9. The van der Waals surface area contributed by atoms with Crippen molar-refractivity contribution in [1.29, 1.82) is 0 Å². The molecule has 0 radical (unpaired) electrons. The van der Waals surface area contributed by atoms with Crippen LogP contribution in [0.1, 0.15) is 115 Å². The number of ether oxygens (including phenoxy) is 2. The van der Waals surface area contributed by atoms with Gasteiger partial charge in [0.25, 0.3) is 17.7 Å². The first-order valence-electron chi connectivity index (χ1n) is 17.8. The van der Waals surface area contributed by atoms with Crippen LogP contribution in [0.2, 0.25) is 15.1 Å². The van der Waals surface area contributed by atoms with Crippen molar-refractivity contribution in [3.63, 3.8) is 0 Å². The maximum Gasteiger partial charge on any atom is 0.265 e. The van der Waals surface area contributed by atoms with Gasteiger partial charge in [0.05, 0.1) is 28.8 Å². The zero-order chi connectivity index (χ0) is 38.4. The summed E-state index contributed by atoms with van der Waals surface area (Å²) in [6.07, 6.45) is 2.98. The van der Waals surface area contributed by atoms with E-state index in [1.807, 2.05) is 13.0 Å². The van der Waals surface area contributed by atoms with Crippen molar-refractivity contribution < 1.29 is 23.9 Å². The smallest absolute Gasteiger partial charge is 0.265 e. The lowest BCUT2D eigenvalue weighted by Gasteiger charge is -2.31. The number of nitrogens with zero attached hydrogens (tertiary/aromatic N) is 2. The summed E-state index contributed by atoms with van der Waals surface area (Å²) in [6.45, 7) is 17.5. The van der Waals surface area contributed by atoms with Gasteiger partial charge >= 0.3 is 0 Å². The van der Waals surface area contributed by atoms with Crippen molar-refractivity contribution in [2.45, 2.75) is 111 Å². The van der Waals surface area contributed by atoms with E-state index in [1.54, 1.807) is 12.1 Å². The van der Waals surface area contributed by atoms with E-state index in [9.17, 15) is 14.4 Å². The minimum Gasteiger partial charge on any atom is -0.491 e. The van der Waals surface area contributed by atoms with Gasteiger partial charge in [0, 0.05) is 16.1 Å². The molecule has 3 aromatic carbocycles. The summed E-state index contributed by atoms with van der Waals surface area (Å²) in [5, 5.41) is 11.6. The second-order valence-electron chi connectivity index (χ2n) is 14.2. The Bertz CT molecular complexity index is 1820. The number of amides is 3. The maximum absolute atomic E-state index is 13.9. The number of nitrogens with one attached hydrogen (secondary N) is 2. The van der Waals surface area contributed by atoms with Crippen LogP contribution < -0.4 is 25.1 Å². The van der Waals surface area contributed by atoms with Gasteiger partial charge in [0.15, 0.2) is 6.10 Å². The fourth-order valence-electron chi connectivity index (χ4n) is 5.50. The van der Waals surface area contributed by atoms with E-state index in [4.69, 9.17) is 44.3 Å². The predicted molar refractivity (Wildman–Crippen MR) is 212 cm³/mol. The molecule has 0 saturated heterocycles. The molecule has 1 aliphatic rings. The van der Waals surface area contributed by atoms with Crippen LogP contribution in [0.5, 0.6) is 11.5 Å². The van der Waals surface area contributed by atoms with E-state index in [0.717, 1.165) is 36.3 Å². The van der Waals surface area contributed by atoms with Gasteiger partial charge in [-0.2, -0.15) is 10.1 Å². The molecule has 3 amide bonds. The highest BCUT2D eigenvalue weighted by Gasteiger charge is 2.31. The maximum atomic E-state index is 13.9. The SMILES string of the molecule is CCCCOc1ccc(C(=O)NC2=NN(c3c(Cl)cc(Cl)cc3Cl)C(=O)C2)cc1NC(=O)C(CC)Oc1ccc(C(C)(C)CC)cc1C(C)(C)CC. The Morgan fingerprint density at radius 1 is 0.885 bits per heavy atom. The quantitative estimate of drug-likeness (QED) is 0.150. The third-order valence-electron chi connectivity index (χ3n) is 9.67. The van der Waals surface area contributed by atoms with Crippen LogP contribution in [-0.2, 0) is 20.4 Å². The highest BCUT2D eigenvalue weighted by atomic mass is 35.5. The number of rotatable bonds is 15. The Morgan fingerprint density at radius 2 is 1.54 bits per heavy atom. The fourth-order valence-corrected chi connectivity index (χ4v) is 6.48. The molecular formula is C40H49Cl3N4O5. The molecule has 0 aliphatic carbocycles. The fraction of sp³-hybridized carbons (Fsp3) is 0.450. The molecule has 0 spiro atoms. The molecule has 0 aromatic heterocycles. The van der Waals surface area contributed by atoms with Crippen molar-refractivity contribution in [2.75, 3.05) is 16.9 Å². The molecule has 3 aromatic rings. The number of benzene rings is 3. The van der Waals surface area contributed by atoms with Crippen molar-refractivity contribution in [3.8, 4) is 11.5 Å². The van der Waals surface area contributed by atoms with Gasteiger partial charge in [-0.3, -0.25) is 14.4 Å². The topological polar surface area (TPSA) is 109 Å². The van der Waals surface area contributed by atoms with Crippen molar-refractivity contribution >= 4 is 69.7 Å². The van der Waals surface area contributed by atoms with Crippen molar-refractivity contribution in [1.82, 2.24) is 5.32 Å². The van der Waals surface area contributed by atoms with Gasteiger partial charge in [0.1, 0.15) is 23.0 Å². The van der Waals surface area contributed by atoms with E-state index < -0.39 is 17.9 Å². The number of anilines is 2. The van der Waals surface area contributed by atoms with Crippen LogP contribution >= 0.6 is 34.8 Å². The average molecular weight is 772 g/mol. The van der Waals surface area contributed by atoms with Crippen LogP contribution in [0.15, 0.2) is 53.6 Å². The number of hydrogen-bond acceptors (Lipinski definition) is 6. The highest BCUT2D eigenvalue weighted by Crippen LogP contribution is 2.40. The number of carbonyl (C=O) groups is 3. The zero-order valence-electron chi connectivity index (χ0n) is 31.2. The Kier molecular flexibility index (Phi) is 13.7. The molecule has 1 heterocycles. The van der Waals surface area contributed by atoms with Gasteiger partial charge in [0.2, 0.25) is 0 Å². The lowest BCUT2D eigenvalue weighted by molar-refractivity contribution is -0.123. The molecule has 0 fully saturated rings. The van der Waals surface area contributed by atoms with E-state index in [0.29, 0.717) is 35.2 Å². The number of amidine groups is 1. The first kappa shape index (κ1) is 41.0. The van der Waals surface area contributed by atoms with Gasteiger partial charge in [-0.15, -0.1) is 0 Å². The van der Waals surface area contributed by atoms with Crippen LogP contribution in [0.3, 0.4) is 0 Å². The number of halogens is 3. The number of unbranched alkanes of at least 4 members (excludes halogenated alkanes) is 1. The molecular weight excluding hydrogens is 723 g/mol. The molecule has 1 aliphatic heterocycles. The minimum absolute atomic E-state index is 0.0124. The zero-order valence-corrected chi connectivity index (χ0v) is 33.5. The van der Waals surface area contributed by atoms with Crippen molar-refractivity contribution in [2.24, 2.45) is 5.10 Å². The molecule has 1 atom stereocenters. The van der Waals surface area contributed by atoms with E-state index >= 15 is 0 Å². The Balaban J connectivity index is 1.59. The largest absolute Gasteiger partial charge is 0.491 e. The summed E-state index contributed by atoms with van der Waals surface area (Å²) < 4.78 is 12.5. The van der Waals surface area contributed by atoms with Crippen molar-refractivity contribution in [3.05, 3.63) is 80.3 Å². The second kappa shape index (κ2) is 17.4. The summed E-state index contributed by atoms with van der Waals surface area (Å²) >= 11 is 18.7. The van der Waals surface area contributed by atoms with Gasteiger partial charge < -0.3 is 20.1 Å². The first-order chi connectivity index (χ1) is 24.5. The summed E-state index contributed by atoms with van der Waals surface area (Å²) in [6, 6.07) is 13.9. The second-order valence-corrected chi connectivity index (χ2v) is 15.5. The first-order valence-corrected chi connectivity index (χ1v) is 18.9. The molecule has 280 valence electrons. The molecule has 0 saturated carbocycles. The standard InChI is InChI=1S/C40H49Cl3N4O5/c1-9-13-18-51-33-16-14-24(37(49)45-34-23-35(48)47(46-34)36-28(42)21-26(41)22-29(36)43)19-30(33)44-38(50)31(10-2)52-32-17-15-25(39(5,6)11-3)20-27(32)40(7,8)12-4/h14-17,19-22,31H,9-13,18,23H2,1-8H3,(H,44,50)(H,45,46,49). The Hall–Kier alpha value is -3.79. The molecule has 9 nitrogen and oxygen atoms in total. The summed E-state index contributed by atoms with van der Waals surface area (Å²) in [5.74, 6) is -0.171. The third kappa shape index (κ3) is 9.60. The Morgan fingerprint density at radius 3 is 2.15 bits per heavy atom. The lowest BCUT2D eigenvalue weighted by atomic mass is 9.76. The summed E-state index contributed by atoms with van der Waals surface area (Å²) in [4.78, 5) is 40.2.